The Bertz CT molecular complexity index is 1870. The van der Waals surface area contributed by atoms with Crippen LogP contribution < -0.4 is 9.47 Å². The number of ether oxygens (including phenoxy) is 2. The van der Waals surface area contributed by atoms with Crippen molar-refractivity contribution in [3.8, 4) is 11.6 Å². The minimum absolute atomic E-state index is 0.00315. The van der Waals surface area contributed by atoms with Crippen LogP contribution in [0.4, 0.5) is 4.39 Å². The molecule has 0 amide bonds. The second-order valence-corrected chi connectivity index (χ2v) is 11.4. The highest BCUT2D eigenvalue weighted by atomic mass is 35.5. The first-order chi connectivity index (χ1) is 22.3. The summed E-state index contributed by atoms with van der Waals surface area (Å²) >= 11 is 5.83. The number of halogens is 2. The Hall–Kier alpha value is -4.81. The quantitative estimate of drug-likeness (QED) is 0.173. The number of imidazole rings is 2. The standard InChI is InChI=1S/C33H33ClFN7O4/c1-2-41-21-36-17-25(41)18-42-30(39-28-9-7-23(38-33(28)42)8-11-32(43)44)19-40-14-12-26(13-15-40)46-31-5-3-4-24(37-31)20-45-29-10-6-22(34)16-27(29)35/h3-11,16-17,21,26H,2,12-15,18-20H2,1H3,(H,43,44)/b11-8+. The molecular weight excluding hydrogens is 613 g/mol. The first-order valence-electron chi connectivity index (χ1n) is 15.0. The zero-order valence-electron chi connectivity index (χ0n) is 25.2. The summed E-state index contributed by atoms with van der Waals surface area (Å²) in [7, 11) is 0. The Labute approximate surface area is 269 Å². The van der Waals surface area contributed by atoms with Crippen molar-refractivity contribution in [3.63, 3.8) is 0 Å². The Balaban J connectivity index is 1.11. The van der Waals surface area contributed by atoms with Crippen LogP contribution in [0.25, 0.3) is 17.2 Å². The SMILES string of the molecule is CCn1cncc1Cn1c(CN2CCC(Oc3cccc(COc4ccc(Cl)cc4F)n3)CC2)nc2ccc(/C=C/C(=O)O)nc21. The molecule has 1 fully saturated rings. The minimum atomic E-state index is -1.03. The number of nitrogens with zero attached hydrogens (tertiary/aromatic N) is 7. The molecule has 0 radical (unpaired) electrons. The summed E-state index contributed by atoms with van der Waals surface area (Å²) in [6.45, 7) is 5.72. The fourth-order valence-electron chi connectivity index (χ4n) is 5.43. The van der Waals surface area contributed by atoms with Crippen molar-refractivity contribution in [2.75, 3.05) is 13.1 Å². The molecule has 1 aliphatic heterocycles. The van der Waals surface area contributed by atoms with E-state index in [1.165, 1.54) is 18.2 Å². The number of aryl methyl sites for hydroxylation is 1. The molecular formula is C33H33ClFN7O4. The molecule has 0 saturated carbocycles. The van der Waals surface area contributed by atoms with E-state index in [1.807, 2.05) is 36.8 Å². The van der Waals surface area contributed by atoms with Crippen LogP contribution in [-0.4, -0.2) is 64.2 Å². The lowest BCUT2D eigenvalue weighted by Crippen LogP contribution is -2.38. The molecule has 1 aliphatic rings. The van der Waals surface area contributed by atoms with E-state index < -0.39 is 11.8 Å². The molecule has 13 heteroatoms. The van der Waals surface area contributed by atoms with Crippen LogP contribution in [0.1, 0.15) is 42.7 Å². The predicted molar refractivity (Wildman–Crippen MR) is 170 cm³/mol. The molecule has 11 nitrogen and oxygen atoms in total. The van der Waals surface area contributed by atoms with E-state index in [4.69, 9.17) is 36.1 Å². The Morgan fingerprint density at radius 3 is 2.74 bits per heavy atom. The molecule has 1 saturated heterocycles. The van der Waals surface area contributed by atoms with Gasteiger partial charge in [0.25, 0.3) is 0 Å². The van der Waals surface area contributed by atoms with Gasteiger partial charge in [0, 0.05) is 43.0 Å². The number of likely N-dealkylation sites (tertiary alicyclic amines) is 1. The molecule has 5 heterocycles. The Kier molecular flexibility index (Phi) is 9.55. The maximum Gasteiger partial charge on any atom is 0.328 e. The van der Waals surface area contributed by atoms with Gasteiger partial charge in [0.05, 0.1) is 36.5 Å². The molecule has 0 atom stereocenters. The highest BCUT2D eigenvalue weighted by Crippen LogP contribution is 2.24. The maximum atomic E-state index is 14.1. The number of benzene rings is 1. The average Bonchev–Trinajstić information content (AvgIpc) is 3.64. The fraction of sp³-hybridized carbons (Fsp3) is 0.303. The van der Waals surface area contributed by atoms with Crippen molar-refractivity contribution < 1.29 is 23.8 Å². The van der Waals surface area contributed by atoms with Gasteiger partial charge >= 0.3 is 5.97 Å². The number of aromatic nitrogens is 6. The number of fused-ring (bicyclic) bond motifs is 1. The smallest absolute Gasteiger partial charge is 0.328 e. The van der Waals surface area contributed by atoms with Crippen LogP contribution in [-0.2, 0) is 31.0 Å². The maximum absolute atomic E-state index is 14.1. The first kappa shape index (κ1) is 31.2. The van der Waals surface area contributed by atoms with Crippen molar-refractivity contribution >= 4 is 34.8 Å². The van der Waals surface area contributed by atoms with E-state index in [-0.39, 0.29) is 18.5 Å². The average molecular weight is 646 g/mol. The van der Waals surface area contributed by atoms with E-state index in [1.54, 1.807) is 12.1 Å². The number of carbonyl (C=O) groups is 1. The summed E-state index contributed by atoms with van der Waals surface area (Å²) in [4.78, 5) is 32.0. The Morgan fingerprint density at radius 2 is 1.96 bits per heavy atom. The van der Waals surface area contributed by atoms with E-state index in [2.05, 4.69) is 30.9 Å². The van der Waals surface area contributed by atoms with Crippen LogP contribution in [0.15, 0.2) is 67.1 Å². The van der Waals surface area contributed by atoms with Crippen LogP contribution in [0.3, 0.4) is 0 Å². The molecule has 46 heavy (non-hydrogen) atoms. The van der Waals surface area contributed by atoms with Gasteiger partial charge in [-0.3, -0.25) is 4.90 Å². The van der Waals surface area contributed by atoms with E-state index >= 15 is 0 Å². The van der Waals surface area contributed by atoms with E-state index in [0.717, 1.165) is 55.6 Å². The van der Waals surface area contributed by atoms with E-state index in [9.17, 15) is 9.18 Å². The summed E-state index contributed by atoms with van der Waals surface area (Å²) in [5, 5.41) is 9.38. The summed E-state index contributed by atoms with van der Waals surface area (Å²) in [5.74, 6) is -0.0658. The molecule has 1 N–H and O–H groups in total. The van der Waals surface area contributed by atoms with Gasteiger partial charge in [-0.05, 0) is 62.2 Å². The van der Waals surface area contributed by atoms with Gasteiger partial charge in [-0.2, -0.15) is 0 Å². The molecule has 5 aromatic rings. The number of aliphatic carboxylic acids is 1. The molecule has 0 aliphatic carbocycles. The molecule has 0 unspecified atom stereocenters. The van der Waals surface area contributed by atoms with Crippen LogP contribution in [0, 0.1) is 5.82 Å². The third-order valence-corrected chi connectivity index (χ3v) is 8.02. The number of hydrogen-bond acceptors (Lipinski definition) is 8. The molecule has 238 valence electrons. The van der Waals surface area contributed by atoms with Gasteiger partial charge < -0.3 is 23.7 Å². The fourth-order valence-corrected chi connectivity index (χ4v) is 5.59. The van der Waals surface area contributed by atoms with Gasteiger partial charge in [-0.1, -0.05) is 17.7 Å². The third kappa shape index (κ3) is 7.52. The summed E-state index contributed by atoms with van der Waals surface area (Å²) < 4.78 is 30.1. The zero-order valence-corrected chi connectivity index (χ0v) is 26.0. The summed E-state index contributed by atoms with van der Waals surface area (Å²) in [5.41, 5.74) is 3.64. The van der Waals surface area contributed by atoms with Crippen molar-refractivity contribution in [1.29, 1.82) is 0 Å². The van der Waals surface area contributed by atoms with Crippen LogP contribution >= 0.6 is 11.6 Å². The van der Waals surface area contributed by atoms with Gasteiger partial charge in [-0.15, -0.1) is 0 Å². The van der Waals surface area contributed by atoms with Gasteiger partial charge in [0.2, 0.25) is 5.88 Å². The van der Waals surface area contributed by atoms with Gasteiger partial charge in [0.15, 0.2) is 17.2 Å². The van der Waals surface area contributed by atoms with Gasteiger partial charge in [-0.25, -0.2) is 29.1 Å². The number of rotatable bonds is 12. The zero-order chi connectivity index (χ0) is 32.0. The summed E-state index contributed by atoms with van der Waals surface area (Å²) in [6, 6.07) is 13.4. The van der Waals surface area contributed by atoms with E-state index in [0.29, 0.717) is 41.0 Å². The number of carboxylic acid groups (broad SMARTS) is 1. The molecule has 1 aromatic carbocycles. The van der Waals surface area contributed by atoms with Crippen molar-refractivity contribution in [1.82, 2.24) is 34.0 Å². The minimum Gasteiger partial charge on any atom is -0.484 e. The molecule has 6 rings (SSSR count). The predicted octanol–water partition coefficient (Wildman–Crippen LogP) is 5.60. The number of hydrogen-bond donors (Lipinski definition) is 1. The lowest BCUT2D eigenvalue weighted by molar-refractivity contribution is -0.131. The topological polar surface area (TPSA) is 120 Å². The highest BCUT2D eigenvalue weighted by molar-refractivity contribution is 6.30. The lowest BCUT2D eigenvalue weighted by atomic mass is 10.1. The summed E-state index contributed by atoms with van der Waals surface area (Å²) in [6.07, 6.45) is 7.84. The largest absolute Gasteiger partial charge is 0.484 e. The second kappa shape index (κ2) is 14.1. The highest BCUT2D eigenvalue weighted by Gasteiger charge is 2.24. The molecule has 4 aromatic heterocycles. The molecule has 0 spiro atoms. The Morgan fingerprint density at radius 1 is 1.11 bits per heavy atom. The monoisotopic (exact) mass is 645 g/mol. The van der Waals surface area contributed by atoms with Crippen molar-refractivity contribution in [2.24, 2.45) is 0 Å². The number of carboxylic acids is 1. The normalized spacial score (nSPS) is 14.3. The van der Waals surface area contributed by atoms with Crippen molar-refractivity contribution in [2.45, 2.75) is 52.1 Å². The third-order valence-electron chi connectivity index (χ3n) is 7.79. The lowest BCUT2D eigenvalue weighted by Gasteiger charge is -2.31. The first-order valence-corrected chi connectivity index (χ1v) is 15.4. The van der Waals surface area contributed by atoms with Crippen molar-refractivity contribution in [3.05, 3.63) is 101 Å². The van der Waals surface area contributed by atoms with Crippen LogP contribution in [0.5, 0.6) is 11.6 Å². The van der Waals surface area contributed by atoms with Crippen LogP contribution in [0.2, 0.25) is 5.02 Å². The second-order valence-electron chi connectivity index (χ2n) is 11.0. The van der Waals surface area contributed by atoms with Gasteiger partial charge in [0.1, 0.15) is 24.1 Å². The molecule has 0 bridgehead atoms. The number of pyridine rings is 2. The number of piperidine rings is 1.